The number of nitrogens with zero attached hydrogens (tertiary/aromatic N) is 5. The molecule has 1 amide bonds. The van der Waals surface area contributed by atoms with Gasteiger partial charge in [0.05, 0.1) is 23.1 Å². The molecule has 0 aromatic carbocycles. The maximum absolute atomic E-state index is 12.7. The molecule has 0 bridgehead atoms. The number of carbonyl (C=O) groups excluding carboxylic acids is 1. The van der Waals surface area contributed by atoms with Gasteiger partial charge in [-0.3, -0.25) is 9.78 Å². The minimum atomic E-state index is -2.62. The quantitative estimate of drug-likeness (QED) is 0.474. The third-order valence-electron chi connectivity index (χ3n) is 4.00. The highest BCUT2D eigenvalue weighted by Crippen LogP contribution is 2.27. The molecule has 3 aromatic rings. The molecule has 0 radical (unpaired) electrons. The first kappa shape index (κ1) is 21.2. The molecule has 3 rings (SSSR count). The Hall–Kier alpha value is -2.52. The minimum Gasteiger partial charge on any atom is -0.308 e. The molecular weight excluding hydrogens is 420 g/mol. The molecule has 3 aromatic heterocycles. The molecule has 0 aliphatic carbocycles. The van der Waals surface area contributed by atoms with Crippen LogP contribution in [0.4, 0.5) is 14.5 Å². The summed E-state index contributed by atoms with van der Waals surface area (Å²) in [6.45, 7) is 2.26. The number of rotatable bonds is 8. The fraction of sp³-hybridized carbons (Fsp3) is 0.263. The molecule has 0 N–H and O–H groups in total. The third-order valence-corrected chi connectivity index (χ3v) is 5.21. The van der Waals surface area contributed by atoms with Gasteiger partial charge in [0.1, 0.15) is 11.4 Å². The zero-order valence-electron chi connectivity index (χ0n) is 15.5. The summed E-state index contributed by atoms with van der Waals surface area (Å²) in [5.74, 6) is 0.265. The van der Waals surface area contributed by atoms with Crippen molar-refractivity contribution in [1.82, 2.24) is 19.7 Å². The number of amides is 1. The lowest BCUT2D eigenvalue weighted by molar-refractivity contribution is -0.118. The van der Waals surface area contributed by atoms with Gasteiger partial charge < -0.3 is 4.90 Å². The second-order valence-corrected chi connectivity index (χ2v) is 7.37. The normalized spacial score (nSPS) is 11.1. The van der Waals surface area contributed by atoms with Gasteiger partial charge in [-0.25, -0.2) is 18.4 Å². The summed E-state index contributed by atoms with van der Waals surface area (Å²) in [4.78, 5) is 22.2. The molecule has 10 heteroatoms. The van der Waals surface area contributed by atoms with Crippen LogP contribution in [-0.4, -0.2) is 38.0 Å². The molecule has 0 aliphatic heterocycles. The molecule has 0 aliphatic rings. The van der Waals surface area contributed by atoms with Gasteiger partial charge in [-0.15, -0.1) is 11.8 Å². The van der Waals surface area contributed by atoms with Crippen molar-refractivity contribution in [1.29, 1.82) is 0 Å². The van der Waals surface area contributed by atoms with Crippen LogP contribution in [0.25, 0.3) is 5.69 Å². The number of carbonyl (C=O) groups is 1. The number of alkyl halides is 2. The number of pyridine rings is 2. The molecule has 29 heavy (non-hydrogen) atoms. The van der Waals surface area contributed by atoms with Crippen LogP contribution in [0.2, 0.25) is 5.15 Å². The molecular formula is C19H18ClF2N5OS. The summed E-state index contributed by atoms with van der Waals surface area (Å²) >= 11 is 7.51. The summed E-state index contributed by atoms with van der Waals surface area (Å²) in [5.41, 5.74) is 0.960. The zero-order valence-corrected chi connectivity index (χ0v) is 17.1. The lowest BCUT2D eigenvalue weighted by atomic mass is 10.3. The van der Waals surface area contributed by atoms with Crippen LogP contribution < -0.4 is 4.90 Å². The van der Waals surface area contributed by atoms with Gasteiger partial charge in [0.2, 0.25) is 5.91 Å². The topological polar surface area (TPSA) is 63.9 Å². The Kier molecular flexibility index (Phi) is 7.16. The highest BCUT2D eigenvalue weighted by Gasteiger charge is 2.20. The summed E-state index contributed by atoms with van der Waals surface area (Å²) in [7, 11) is 0. The van der Waals surface area contributed by atoms with E-state index in [1.54, 1.807) is 40.3 Å². The van der Waals surface area contributed by atoms with E-state index in [1.807, 2.05) is 13.0 Å². The molecule has 0 saturated carbocycles. The Labute approximate surface area is 175 Å². The zero-order chi connectivity index (χ0) is 20.8. The van der Waals surface area contributed by atoms with Gasteiger partial charge >= 0.3 is 0 Å². The highest BCUT2D eigenvalue weighted by molar-refractivity contribution is 7.99. The van der Waals surface area contributed by atoms with Crippen molar-refractivity contribution in [3.8, 4) is 5.69 Å². The van der Waals surface area contributed by atoms with E-state index in [0.717, 1.165) is 5.69 Å². The smallest absolute Gasteiger partial charge is 0.280 e. The van der Waals surface area contributed by atoms with Crippen LogP contribution in [0, 0.1) is 0 Å². The molecule has 0 saturated heterocycles. The highest BCUT2D eigenvalue weighted by atomic mass is 35.5. The van der Waals surface area contributed by atoms with Crippen LogP contribution in [0.5, 0.6) is 0 Å². The lowest BCUT2D eigenvalue weighted by Crippen LogP contribution is -2.30. The first-order chi connectivity index (χ1) is 14.0. The predicted molar refractivity (Wildman–Crippen MR) is 109 cm³/mol. The SMILES string of the molecule is CCN(C(=O)CCSc1cccc(C(F)F)n1)c1cn(-c2cccnc2)nc1Cl. The first-order valence-corrected chi connectivity index (χ1v) is 10.2. The Morgan fingerprint density at radius 3 is 2.83 bits per heavy atom. The van der Waals surface area contributed by atoms with Crippen LogP contribution in [0.3, 0.4) is 0 Å². The van der Waals surface area contributed by atoms with Crippen molar-refractivity contribution in [3.63, 3.8) is 0 Å². The van der Waals surface area contributed by atoms with Gasteiger partial charge in [0.25, 0.3) is 6.43 Å². The van der Waals surface area contributed by atoms with Crippen LogP contribution >= 0.6 is 23.4 Å². The Morgan fingerprint density at radius 1 is 1.31 bits per heavy atom. The van der Waals surface area contributed by atoms with Crippen LogP contribution in [-0.2, 0) is 4.79 Å². The second-order valence-electron chi connectivity index (χ2n) is 5.90. The molecule has 0 spiro atoms. The van der Waals surface area contributed by atoms with E-state index in [1.165, 1.54) is 23.9 Å². The summed E-state index contributed by atoms with van der Waals surface area (Å²) < 4.78 is 27.0. The standard InChI is InChI=1S/C19H18ClF2N5OS/c1-2-26(15-12-27(25-18(15)20)13-5-4-9-23-11-13)17(28)8-10-29-16-7-3-6-14(24-16)19(21)22/h3-7,9,11-12,19H,2,8,10H2,1H3. The number of hydrogen-bond acceptors (Lipinski definition) is 5. The minimum absolute atomic E-state index is 0.141. The average Bonchev–Trinajstić information content (AvgIpc) is 3.11. The maximum Gasteiger partial charge on any atom is 0.280 e. The van der Waals surface area contributed by atoms with Gasteiger partial charge in [-0.2, -0.15) is 5.10 Å². The van der Waals surface area contributed by atoms with E-state index >= 15 is 0 Å². The molecule has 0 atom stereocenters. The van der Waals surface area contributed by atoms with Crippen molar-refractivity contribution in [2.75, 3.05) is 17.2 Å². The van der Waals surface area contributed by atoms with Crippen molar-refractivity contribution in [2.45, 2.75) is 24.8 Å². The summed E-state index contributed by atoms with van der Waals surface area (Å²) in [6.07, 6.45) is 2.56. The Balaban J connectivity index is 1.65. The van der Waals surface area contributed by atoms with Crippen LogP contribution in [0.1, 0.15) is 25.5 Å². The summed E-state index contributed by atoms with van der Waals surface area (Å²) in [6, 6.07) is 8.06. The fourth-order valence-corrected chi connectivity index (χ4v) is 3.70. The number of halogens is 3. The van der Waals surface area contributed by atoms with Crippen molar-refractivity contribution >= 4 is 35.0 Å². The van der Waals surface area contributed by atoms with Gasteiger partial charge in [-0.05, 0) is 31.2 Å². The maximum atomic E-state index is 12.7. The van der Waals surface area contributed by atoms with Gasteiger partial charge in [0.15, 0.2) is 5.15 Å². The van der Waals surface area contributed by atoms with Gasteiger partial charge in [-0.1, -0.05) is 17.7 Å². The van der Waals surface area contributed by atoms with E-state index in [9.17, 15) is 13.6 Å². The lowest BCUT2D eigenvalue weighted by Gasteiger charge is -2.19. The molecule has 6 nitrogen and oxygen atoms in total. The van der Waals surface area contributed by atoms with E-state index in [0.29, 0.717) is 23.0 Å². The molecule has 0 unspecified atom stereocenters. The molecule has 0 fully saturated rings. The fourth-order valence-electron chi connectivity index (χ4n) is 2.64. The van der Waals surface area contributed by atoms with Crippen molar-refractivity contribution < 1.29 is 13.6 Å². The third kappa shape index (κ3) is 5.30. The summed E-state index contributed by atoms with van der Waals surface area (Å²) in [5, 5.41) is 4.92. The van der Waals surface area contributed by atoms with Crippen molar-refractivity contribution in [3.05, 3.63) is 59.8 Å². The van der Waals surface area contributed by atoms with Crippen LogP contribution in [0.15, 0.2) is 53.9 Å². The number of hydrogen-bond donors (Lipinski definition) is 0. The number of thioether (sulfide) groups is 1. The Bertz CT molecular complexity index is 970. The average molecular weight is 438 g/mol. The second kappa shape index (κ2) is 9.80. The Morgan fingerprint density at radius 2 is 2.14 bits per heavy atom. The van der Waals surface area contributed by atoms with E-state index in [2.05, 4.69) is 15.1 Å². The molecule has 152 valence electrons. The number of aromatic nitrogens is 4. The van der Waals surface area contributed by atoms with E-state index in [-0.39, 0.29) is 23.2 Å². The monoisotopic (exact) mass is 437 g/mol. The largest absolute Gasteiger partial charge is 0.308 e. The first-order valence-electron chi connectivity index (χ1n) is 8.83. The molecule has 3 heterocycles. The van der Waals surface area contributed by atoms with Gasteiger partial charge in [0, 0.05) is 24.9 Å². The van der Waals surface area contributed by atoms with Crippen molar-refractivity contribution in [2.24, 2.45) is 0 Å². The van der Waals surface area contributed by atoms with E-state index < -0.39 is 6.43 Å². The van der Waals surface area contributed by atoms with E-state index in [4.69, 9.17) is 11.6 Å². The number of anilines is 1. The predicted octanol–water partition coefficient (Wildman–Crippen LogP) is 4.79.